The van der Waals surface area contributed by atoms with Gasteiger partial charge < -0.3 is 4.90 Å². The van der Waals surface area contributed by atoms with E-state index >= 15 is 0 Å². The van der Waals surface area contributed by atoms with Crippen molar-refractivity contribution in [2.75, 3.05) is 19.0 Å². The second kappa shape index (κ2) is 7.95. The van der Waals surface area contributed by atoms with Crippen LogP contribution < -0.4 is 0 Å². The van der Waals surface area contributed by atoms with Crippen molar-refractivity contribution in [2.45, 2.75) is 0 Å². The molecule has 0 atom stereocenters. The van der Waals surface area contributed by atoms with Crippen molar-refractivity contribution in [3.05, 3.63) is 82.9 Å². The van der Waals surface area contributed by atoms with Gasteiger partial charge in [-0.1, -0.05) is 60.7 Å². The van der Waals surface area contributed by atoms with Gasteiger partial charge in [-0.3, -0.25) is 9.59 Å². The second-order valence-electron chi connectivity index (χ2n) is 5.87. The standard InChI is InChI=1S/C21H18ClNO2/c22-13-20(24)23-14-18(11-16-7-3-1-4-8-16)21(25)19(15-23)12-17-9-5-2-6-10-17/h1-12H,13-15H2/b18-11+,19-12+. The van der Waals surface area contributed by atoms with Crippen molar-refractivity contribution >= 4 is 35.4 Å². The first kappa shape index (κ1) is 17.2. The number of piperidine rings is 1. The summed E-state index contributed by atoms with van der Waals surface area (Å²) >= 11 is 5.72. The molecule has 0 unspecified atom stereocenters. The lowest BCUT2D eigenvalue weighted by Crippen LogP contribution is -2.42. The van der Waals surface area contributed by atoms with Gasteiger partial charge in [-0.2, -0.15) is 0 Å². The van der Waals surface area contributed by atoms with E-state index in [4.69, 9.17) is 11.6 Å². The molecule has 1 fully saturated rings. The van der Waals surface area contributed by atoms with Crippen molar-refractivity contribution < 1.29 is 9.59 Å². The lowest BCUT2D eigenvalue weighted by molar-refractivity contribution is -0.128. The number of carbonyl (C=O) groups is 2. The second-order valence-corrected chi connectivity index (χ2v) is 6.14. The van der Waals surface area contributed by atoms with Crippen LogP contribution in [0.1, 0.15) is 11.1 Å². The summed E-state index contributed by atoms with van der Waals surface area (Å²) in [5.74, 6) is -0.288. The molecule has 3 rings (SSSR count). The van der Waals surface area contributed by atoms with Crippen molar-refractivity contribution in [1.82, 2.24) is 4.90 Å². The summed E-state index contributed by atoms with van der Waals surface area (Å²) in [7, 11) is 0. The number of nitrogens with zero attached hydrogens (tertiary/aromatic N) is 1. The highest BCUT2D eigenvalue weighted by atomic mass is 35.5. The molecule has 3 nitrogen and oxygen atoms in total. The molecule has 0 spiro atoms. The highest BCUT2D eigenvalue weighted by molar-refractivity contribution is 6.27. The number of Topliss-reactive ketones (excluding diaryl/α,β-unsaturated/α-hetero) is 1. The van der Waals surface area contributed by atoms with Gasteiger partial charge in [0.15, 0.2) is 5.78 Å². The fourth-order valence-corrected chi connectivity index (χ4v) is 2.97. The van der Waals surface area contributed by atoms with Gasteiger partial charge in [-0.05, 0) is 23.3 Å². The number of hydrogen-bond acceptors (Lipinski definition) is 2. The van der Waals surface area contributed by atoms with Gasteiger partial charge in [-0.25, -0.2) is 0 Å². The maximum atomic E-state index is 12.9. The molecule has 4 heteroatoms. The van der Waals surface area contributed by atoms with E-state index in [1.165, 1.54) is 0 Å². The number of rotatable bonds is 3. The minimum atomic E-state index is -0.174. The minimum absolute atomic E-state index is 0.0219. The number of alkyl halides is 1. The van der Waals surface area contributed by atoms with Crippen molar-refractivity contribution in [1.29, 1.82) is 0 Å². The Morgan fingerprint density at radius 1 is 0.880 bits per heavy atom. The number of likely N-dealkylation sites (tertiary alicyclic amines) is 1. The van der Waals surface area contributed by atoms with Crippen molar-refractivity contribution in [2.24, 2.45) is 0 Å². The van der Waals surface area contributed by atoms with Gasteiger partial charge in [0.2, 0.25) is 5.91 Å². The molecular formula is C21H18ClNO2. The molecule has 1 saturated heterocycles. The number of benzene rings is 2. The zero-order valence-corrected chi connectivity index (χ0v) is 14.4. The van der Waals surface area contributed by atoms with Crippen LogP contribution in [0.2, 0.25) is 0 Å². The van der Waals surface area contributed by atoms with Gasteiger partial charge in [0.1, 0.15) is 5.88 Å². The highest BCUT2D eigenvalue weighted by Crippen LogP contribution is 2.22. The zero-order chi connectivity index (χ0) is 17.6. The zero-order valence-electron chi connectivity index (χ0n) is 13.7. The van der Waals surface area contributed by atoms with E-state index < -0.39 is 0 Å². The minimum Gasteiger partial charge on any atom is -0.333 e. The molecule has 0 bridgehead atoms. The Bertz CT molecular complexity index is 764. The van der Waals surface area contributed by atoms with Crippen LogP contribution in [0.5, 0.6) is 0 Å². The smallest absolute Gasteiger partial charge is 0.238 e. The Morgan fingerprint density at radius 2 is 1.32 bits per heavy atom. The van der Waals surface area contributed by atoms with Gasteiger partial charge in [0, 0.05) is 24.2 Å². The van der Waals surface area contributed by atoms with Crippen LogP contribution in [0.25, 0.3) is 12.2 Å². The first-order chi connectivity index (χ1) is 12.2. The summed E-state index contributed by atoms with van der Waals surface area (Å²) in [5.41, 5.74) is 3.06. The summed E-state index contributed by atoms with van der Waals surface area (Å²) in [6.07, 6.45) is 3.68. The van der Waals surface area contributed by atoms with Crippen LogP contribution in [-0.2, 0) is 9.59 Å². The fourth-order valence-electron chi connectivity index (χ4n) is 2.80. The van der Waals surface area contributed by atoms with Crippen molar-refractivity contribution in [3.63, 3.8) is 0 Å². The predicted octanol–water partition coefficient (Wildman–Crippen LogP) is 3.80. The molecule has 0 N–H and O–H groups in total. The van der Waals surface area contributed by atoms with Crippen LogP contribution in [0.3, 0.4) is 0 Å². The average Bonchev–Trinajstić information content (AvgIpc) is 2.66. The molecule has 2 aromatic carbocycles. The molecule has 1 amide bonds. The quantitative estimate of drug-likeness (QED) is 0.623. The van der Waals surface area contributed by atoms with E-state index in [2.05, 4.69) is 0 Å². The molecule has 0 aromatic heterocycles. The normalized spacial score (nSPS) is 18.0. The molecular weight excluding hydrogens is 334 g/mol. The molecule has 1 heterocycles. The Morgan fingerprint density at radius 3 is 1.72 bits per heavy atom. The molecule has 126 valence electrons. The summed E-state index contributed by atoms with van der Waals surface area (Å²) in [5, 5.41) is 0. The number of amides is 1. The Kier molecular flexibility index (Phi) is 5.46. The van der Waals surface area contributed by atoms with E-state index in [0.717, 1.165) is 11.1 Å². The predicted molar refractivity (Wildman–Crippen MR) is 101 cm³/mol. The highest BCUT2D eigenvalue weighted by Gasteiger charge is 2.28. The number of carbonyl (C=O) groups excluding carboxylic acids is 2. The fraction of sp³-hybridized carbons (Fsp3) is 0.143. The largest absolute Gasteiger partial charge is 0.333 e. The molecule has 0 aliphatic carbocycles. The lowest BCUT2D eigenvalue weighted by Gasteiger charge is -2.29. The van der Waals surface area contributed by atoms with Crippen LogP contribution in [0.15, 0.2) is 71.8 Å². The lowest BCUT2D eigenvalue weighted by atomic mass is 9.94. The first-order valence-corrected chi connectivity index (χ1v) is 8.60. The van der Waals surface area contributed by atoms with Crippen LogP contribution >= 0.6 is 11.6 Å². The van der Waals surface area contributed by atoms with Crippen LogP contribution in [0.4, 0.5) is 0 Å². The number of ketones is 1. The third kappa shape index (κ3) is 4.25. The van der Waals surface area contributed by atoms with E-state index in [1.807, 2.05) is 72.8 Å². The molecule has 0 radical (unpaired) electrons. The SMILES string of the molecule is O=C1/C(=C/c2ccccc2)CN(C(=O)CCl)C/C1=C\c1ccccc1. The van der Waals surface area contributed by atoms with E-state index in [1.54, 1.807) is 4.90 Å². The van der Waals surface area contributed by atoms with E-state index in [0.29, 0.717) is 11.1 Å². The average molecular weight is 352 g/mol. The van der Waals surface area contributed by atoms with Gasteiger partial charge in [0.05, 0.1) is 0 Å². The Hall–Kier alpha value is -2.65. The molecule has 1 aliphatic heterocycles. The number of halogens is 1. The third-order valence-corrected chi connectivity index (χ3v) is 4.28. The van der Waals surface area contributed by atoms with Crippen molar-refractivity contribution in [3.8, 4) is 0 Å². The summed E-state index contributed by atoms with van der Waals surface area (Å²) in [6.45, 7) is 0.566. The molecule has 0 saturated carbocycles. The summed E-state index contributed by atoms with van der Waals surface area (Å²) in [6, 6.07) is 19.3. The third-order valence-electron chi connectivity index (χ3n) is 4.05. The van der Waals surface area contributed by atoms with Crippen LogP contribution in [-0.4, -0.2) is 35.6 Å². The number of hydrogen-bond donors (Lipinski definition) is 0. The maximum Gasteiger partial charge on any atom is 0.238 e. The first-order valence-electron chi connectivity index (χ1n) is 8.07. The topological polar surface area (TPSA) is 37.4 Å². The van der Waals surface area contributed by atoms with Gasteiger partial charge in [0.25, 0.3) is 0 Å². The Balaban J connectivity index is 1.98. The monoisotopic (exact) mass is 351 g/mol. The van der Waals surface area contributed by atoms with E-state index in [9.17, 15) is 9.59 Å². The summed E-state index contributed by atoms with van der Waals surface area (Å²) in [4.78, 5) is 26.6. The maximum absolute atomic E-state index is 12.9. The van der Waals surface area contributed by atoms with Gasteiger partial charge in [-0.15, -0.1) is 11.6 Å². The summed E-state index contributed by atoms with van der Waals surface area (Å²) < 4.78 is 0. The van der Waals surface area contributed by atoms with E-state index in [-0.39, 0.29) is 30.7 Å². The molecule has 25 heavy (non-hydrogen) atoms. The van der Waals surface area contributed by atoms with Crippen LogP contribution in [0, 0.1) is 0 Å². The molecule has 1 aliphatic rings. The molecule has 2 aromatic rings. The van der Waals surface area contributed by atoms with Gasteiger partial charge >= 0.3 is 0 Å². The Labute approximate surface area is 152 Å².